The molecule has 30 heavy (non-hydrogen) atoms. The summed E-state index contributed by atoms with van der Waals surface area (Å²) < 4.78 is 10.7. The second kappa shape index (κ2) is 10.7. The van der Waals surface area contributed by atoms with Crippen LogP contribution in [0.1, 0.15) is 52.0 Å². The third-order valence-electron chi connectivity index (χ3n) is 4.80. The van der Waals surface area contributed by atoms with Crippen LogP contribution in [0.15, 0.2) is 57.7 Å². The van der Waals surface area contributed by atoms with Crippen LogP contribution in [0.25, 0.3) is 22.1 Å². The van der Waals surface area contributed by atoms with Crippen molar-refractivity contribution >= 4 is 16.9 Å². The summed E-state index contributed by atoms with van der Waals surface area (Å²) in [6, 6.07) is 15.5. The highest BCUT2D eigenvalue weighted by molar-refractivity contribution is 5.99. The lowest BCUT2D eigenvalue weighted by molar-refractivity contribution is 0.0946. The minimum atomic E-state index is -0.623. The molecule has 0 radical (unpaired) electrons. The van der Waals surface area contributed by atoms with E-state index in [2.05, 4.69) is 5.32 Å². The van der Waals surface area contributed by atoms with E-state index < -0.39 is 11.5 Å². The van der Waals surface area contributed by atoms with E-state index in [9.17, 15) is 9.59 Å². The van der Waals surface area contributed by atoms with Crippen LogP contribution in [-0.4, -0.2) is 24.7 Å². The standard InChI is InChI=1S/C21H19NO4.2C2H6.H2/c1-12-16-9-8-15(14-6-4-3-5-7-14)10-17(16)26-21(24)19(12)20(23)22-11-18-13(2)25-18;2*1-2;/h3-10,13,18H,11H2,1-2H3,(H,22,23);2*1-2H3;1H. The Bertz CT molecular complexity index is 1050. The monoisotopic (exact) mass is 411 g/mol. The van der Waals surface area contributed by atoms with Gasteiger partial charge in [0.15, 0.2) is 0 Å². The quantitative estimate of drug-likeness (QED) is 0.449. The number of amides is 1. The Morgan fingerprint density at radius 2 is 1.67 bits per heavy atom. The average molecular weight is 412 g/mol. The maximum Gasteiger partial charge on any atom is 0.349 e. The van der Waals surface area contributed by atoms with Crippen LogP contribution < -0.4 is 10.9 Å². The minimum Gasteiger partial charge on any atom is -0.422 e. The van der Waals surface area contributed by atoms with E-state index >= 15 is 0 Å². The number of epoxide rings is 1. The normalized spacial score (nSPS) is 16.6. The lowest BCUT2D eigenvalue weighted by atomic mass is 10.0. The lowest BCUT2D eigenvalue weighted by Gasteiger charge is -2.09. The number of fused-ring (bicyclic) bond motifs is 1. The fraction of sp³-hybridized carbons (Fsp3) is 0.360. The van der Waals surface area contributed by atoms with Crippen molar-refractivity contribution in [2.75, 3.05) is 6.54 Å². The predicted molar refractivity (Wildman–Crippen MR) is 124 cm³/mol. The molecule has 2 atom stereocenters. The first-order valence-corrected chi connectivity index (χ1v) is 10.6. The zero-order chi connectivity index (χ0) is 22.3. The molecule has 2 aromatic carbocycles. The van der Waals surface area contributed by atoms with Crippen molar-refractivity contribution in [3.63, 3.8) is 0 Å². The van der Waals surface area contributed by atoms with Gasteiger partial charge in [-0.1, -0.05) is 70.2 Å². The Balaban J connectivity index is 0.000000910. The summed E-state index contributed by atoms with van der Waals surface area (Å²) in [5.74, 6) is -0.423. The highest BCUT2D eigenvalue weighted by Gasteiger charge is 2.34. The molecule has 0 bridgehead atoms. The van der Waals surface area contributed by atoms with Crippen molar-refractivity contribution in [3.05, 3.63) is 70.1 Å². The third-order valence-corrected chi connectivity index (χ3v) is 4.80. The fourth-order valence-electron chi connectivity index (χ4n) is 3.15. The van der Waals surface area contributed by atoms with Crippen molar-refractivity contribution in [2.45, 2.75) is 53.8 Å². The van der Waals surface area contributed by atoms with Crippen molar-refractivity contribution in [3.8, 4) is 11.1 Å². The highest BCUT2D eigenvalue weighted by atomic mass is 16.6. The summed E-state index contributed by atoms with van der Waals surface area (Å²) in [5, 5.41) is 3.51. The molecule has 1 aromatic heterocycles. The van der Waals surface area contributed by atoms with E-state index in [1.165, 1.54) is 0 Å². The molecule has 5 nitrogen and oxygen atoms in total. The smallest absolute Gasteiger partial charge is 0.349 e. The number of hydrogen-bond acceptors (Lipinski definition) is 4. The SMILES string of the molecule is CC.CC.Cc1c(C(=O)NCC2OC2C)c(=O)oc2cc(-c3ccccc3)ccc12.[HH]. The van der Waals surface area contributed by atoms with Crippen LogP contribution >= 0.6 is 0 Å². The molecule has 0 saturated carbocycles. The number of rotatable bonds is 4. The lowest BCUT2D eigenvalue weighted by Crippen LogP contribution is -2.32. The number of benzene rings is 2. The predicted octanol–water partition coefficient (Wildman–Crippen LogP) is 5.58. The Morgan fingerprint density at radius 1 is 1.03 bits per heavy atom. The second-order valence-corrected chi connectivity index (χ2v) is 6.56. The van der Waals surface area contributed by atoms with E-state index in [1.54, 1.807) is 6.92 Å². The molecule has 2 heterocycles. The molecular weight excluding hydrogens is 378 g/mol. The van der Waals surface area contributed by atoms with Crippen LogP contribution in [0, 0.1) is 6.92 Å². The van der Waals surface area contributed by atoms with Crippen LogP contribution in [-0.2, 0) is 4.74 Å². The maximum absolute atomic E-state index is 12.4. The molecule has 1 aliphatic rings. The summed E-state index contributed by atoms with van der Waals surface area (Å²) in [5.41, 5.74) is 2.52. The molecule has 4 rings (SSSR count). The summed E-state index contributed by atoms with van der Waals surface area (Å²) in [6.07, 6.45) is 0.181. The molecular formula is C25H33NO4. The largest absolute Gasteiger partial charge is 0.422 e. The van der Waals surface area contributed by atoms with Gasteiger partial charge in [0.1, 0.15) is 17.3 Å². The van der Waals surface area contributed by atoms with E-state index in [4.69, 9.17) is 9.15 Å². The van der Waals surface area contributed by atoms with Crippen molar-refractivity contribution in [1.82, 2.24) is 5.32 Å². The number of carbonyl (C=O) groups is 1. The number of hydrogen-bond donors (Lipinski definition) is 1. The number of ether oxygens (including phenoxy) is 1. The summed E-state index contributed by atoms with van der Waals surface area (Å²) >= 11 is 0. The fourth-order valence-corrected chi connectivity index (χ4v) is 3.15. The molecule has 0 spiro atoms. The first kappa shape index (κ1) is 23.4. The Hall–Kier alpha value is -2.92. The molecule has 1 fully saturated rings. The number of aryl methyl sites for hydroxylation is 1. The third kappa shape index (κ3) is 5.16. The molecule has 1 amide bonds. The van der Waals surface area contributed by atoms with Gasteiger partial charge in [-0.2, -0.15) is 0 Å². The van der Waals surface area contributed by atoms with Crippen LogP contribution in [0.4, 0.5) is 0 Å². The molecule has 3 aromatic rings. The van der Waals surface area contributed by atoms with Crippen LogP contribution in [0.3, 0.4) is 0 Å². The molecule has 1 aliphatic heterocycles. The zero-order valence-corrected chi connectivity index (χ0v) is 18.6. The number of nitrogens with one attached hydrogen (secondary N) is 1. The van der Waals surface area contributed by atoms with E-state index in [-0.39, 0.29) is 19.2 Å². The van der Waals surface area contributed by atoms with Crippen molar-refractivity contribution in [1.29, 1.82) is 0 Å². The first-order valence-electron chi connectivity index (χ1n) is 10.6. The minimum absolute atomic E-state index is 0. The molecule has 0 aliphatic carbocycles. The highest BCUT2D eigenvalue weighted by Crippen LogP contribution is 2.26. The van der Waals surface area contributed by atoms with Crippen LogP contribution in [0.2, 0.25) is 0 Å². The summed E-state index contributed by atoms with van der Waals surface area (Å²) in [7, 11) is 0. The van der Waals surface area contributed by atoms with Gasteiger partial charge < -0.3 is 14.5 Å². The molecule has 5 heteroatoms. The molecule has 162 valence electrons. The Labute approximate surface area is 179 Å². The van der Waals surface area contributed by atoms with E-state index in [0.717, 1.165) is 16.5 Å². The summed E-state index contributed by atoms with van der Waals surface area (Å²) in [4.78, 5) is 24.8. The topological polar surface area (TPSA) is 71.8 Å². The van der Waals surface area contributed by atoms with Gasteiger partial charge in [0.05, 0.1) is 6.10 Å². The maximum atomic E-state index is 12.4. The van der Waals surface area contributed by atoms with Gasteiger partial charge in [0.25, 0.3) is 5.91 Å². The van der Waals surface area contributed by atoms with Gasteiger partial charge in [-0.15, -0.1) is 0 Å². The van der Waals surface area contributed by atoms with Crippen molar-refractivity contribution < 1.29 is 15.4 Å². The molecule has 1 saturated heterocycles. The van der Waals surface area contributed by atoms with E-state index in [0.29, 0.717) is 17.7 Å². The first-order chi connectivity index (χ1) is 14.5. The average Bonchev–Trinajstić information content (AvgIpc) is 3.50. The Morgan fingerprint density at radius 3 is 2.27 bits per heavy atom. The van der Waals surface area contributed by atoms with Gasteiger partial charge in [-0.3, -0.25) is 4.79 Å². The summed E-state index contributed by atoms with van der Waals surface area (Å²) in [6.45, 7) is 12.1. The second-order valence-electron chi connectivity index (χ2n) is 6.56. The zero-order valence-electron chi connectivity index (χ0n) is 18.6. The van der Waals surface area contributed by atoms with Gasteiger partial charge in [-0.05, 0) is 36.6 Å². The van der Waals surface area contributed by atoms with Gasteiger partial charge in [0, 0.05) is 13.4 Å². The van der Waals surface area contributed by atoms with Gasteiger partial charge in [0.2, 0.25) is 0 Å². The van der Waals surface area contributed by atoms with Gasteiger partial charge >= 0.3 is 5.63 Å². The van der Waals surface area contributed by atoms with Gasteiger partial charge in [-0.25, -0.2) is 4.79 Å². The number of carbonyl (C=O) groups excluding carboxylic acids is 1. The Kier molecular flexibility index (Phi) is 8.36. The van der Waals surface area contributed by atoms with Crippen molar-refractivity contribution in [2.24, 2.45) is 0 Å². The molecule has 2 unspecified atom stereocenters. The molecule has 1 N–H and O–H groups in total. The van der Waals surface area contributed by atoms with E-state index in [1.807, 2.05) is 83.1 Å². The van der Waals surface area contributed by atoms with Crippen LogP contribution in [0.5, 0.6) is 0 Å².